The number of amides is 2. The highest BCUT2D eigenvalue weighted by Gasteiger charge is 2.52. The molecule has 200 valence electrons. The molecule has 0 unspecified atom stereocenters. The number of rotatable bonds is 1. The maximum Gasteiger partial charge on any atom is 0.261 e. The first-order valence-electron chi connectivity index (χ1n) is 13.8. The van der Waals surface area contributed by atoms with Crippen molar-refractivity contribution in [3.8, 4) is 0 Å². The summed E-state index contributed by atoms with van der Waals surface area (Å²) in [6.07, 6.45) is 15.1. The number of nitrogens with zero attached hydrogens (tertiary/aromatic N) is 1. The van der Waals surface area contributed by atoms with Crippen molar-refractivity contribution in [2.75, 3.05) is 13.6 Å². The summed E-state index contributed by atoms with van der Waals surface area (Å²) in [7, 11) is 1.59. The first-order valence-corrected chi connectivity index (χ1v) is 13.8. The number of carbonyl (C=O) groups is 4. The Labute approximate surface area is 219 Å². The van der Waals surface area contributed by atoms with E-state index in [2.05, 4.69) is 25.2 Å². The smallest absolute Gasteiger partial charge is 0.261 e. The summed E-state index contributed by atoms with van der Waals surface area (Å²) >= 11 is 0. The van der Waals surface area contributed by atoms with Gasteiger partial charge in [0.2, 0.25) is 5.91 Å². The Morgan fingerprint density at radius 2 is 1.86 bits per heavy atom. The van der Waals surface area contributed by atoms with Gasteiger partial charge in [-0.15, -0.1) is 0 Å². The molecule has 2 aliphatic carbocycles. The van der Waals surface area contributed by atoms with E-state index in [4.69, 9.17) is 0 Å². The van der Waals surface area contributed by atoms with Crippen LogP contribution in [0.3, 0.4) is 0 Å². The molecule has 37 heavy (non-hydrogen) atoms. The number of allylic oxidation sites excluding steroid dienone is 5. The van der Waals surface area contributed by atoms with Crippen LogP contribution in [-0.4, -0.2) is 53.0 Å². The number of hydrogen-bond acceptors (Lipinski definition) is 5. The number of likely N-dealkylation sites (N-methyl/N-ethyl adjacent to an activating group) is 1. The second-order valence-corrected chi connectivity index (χ2v) is 11.2. The van der Waals surface area contributed by atoms with Gasteiger partial charge in [0.1, 0.15) is 11.3 Å². The van der Waals surface area contributed by atoms with E-state index >= 15 is 0 Å². The minimum absolute atomic E-state index is 0.0838. The fraction of sp³-hybridized carbons (Fsp3) is 0.600. The summed E-state index contributed by atoms with van der Waals surface area (Å²) in [4.78, 5) is 52.4. The summed E-state index contributed by atoms with van der Waals surface area (Å²) in [6.45, 7) is 4.92. The van der Waals surface area contributed by atoms with Gasteiger partial charge in [0.05, 0.1) is 6.04 Å². The zero-order valence-corrected chi connectivity index (χ0v) is 22.2. The Bertz CT molecular complexity index is 1050. The predicted molar refractivity (Wildman–Crippen MR) is 141 cm³/mol. The topological polar surface area (TPSA) is 104 Å². The average molecular weight is 509 g/mol. The second kappa shape index (κ2) is 11.6. The molecule has 2 aliphatic heterocycles. The van der Waals surface area contributed by atoms with E-state index in [9.17, 15) is 24.3 Å². The van der Waals surface area contributed by atoms with Crippen molar-refractivity contribution in [1.29, 1.82) is 0 Å². The third kappa shape index (κ3) is 5.51. The number of hydrogen-bond donors (Lipinski definition) is 2. The highest BCUT2D eigenvalue weighted by atomic mass is 16.3. The maximum atomic E-state index is 13.2. The fourth-order valence-corrected chi connectivity index (χ4v) is 7.23. The number of nitrogens with one attached hydrogen (secondary N) is 1. The molecule has 2 fully saturated rings. The van der Waals surface area contributed by atoms with Gasteiger partial charge < -0.3 is 15.3 Å². The van der Waals surface area contributed by atoms with Crippen LogP contribution in [0.2, 0.25) is 0 Å². The lowest BCUT2D eigenvalue weighted by atomic mass is 9.78. The minimum Gasteiger partial charge on any atom is -0.509 e. The number of fused-ring (bicyclic) bond motifs is 4. The first-order chi connectivity index (χ1) is 17.7. The second-order valence-electron chi connectivity index (χ2n) is 11.2. The van der Waals surface area contributed by atoms with Crippen LogP contribution in [0.15, 0.2) is 47.8 Å². The van der Waals surface area contributed by atoms with Crippen LogP contribution in [0.25, 0.3) is 0 Å². The van der Waals surface area contributed by atoms with Crippen molar-refractivity contribution < 1.29 is 24.3 Å². The van der Waals surface area contributed by atoms with E-state index in [-0.39, 0.29) is 47.1 Å². The highest BCUT2D eigenvalue weighted by Crippen LogP contribution is 2.57. The molecule has 0 spiro atoms. The van der Waals surface area contributed by atoms with Crippen molar-refractivity contribution in [1.82, 2.24) is 10.2 Å². The van der Waals surface area contributed by atoms with Crippen LogP contribution < -0.4 is 5.32 Å². The lowest BCUT2D eigenvalue weighted by Gasteiger charge is -2.26. The molecule has 2 amide bonds. The third-order valence-electron chi connectivity index (χ3n) is 9.18. The number of carbonyl (C=O) groups excluding carboxylic acids is 4. The van der Waals surface area contributed by atoms with Crippen LogP contribution in [0.1, 0.15) is 58.8 Å². The van der Waals surface area contributed by atoms with Crippen LogP contribution >= 0.6 is 0 Å². The zero-order valence-electron chi connectivity index (χ0n) is 22.2. The van der Waals surface area contributed by atoms with Gasteiger partial charge in [-0.25, -0.2) is 0 Å². The molecule has 4 rings (SSSR count). The molecule has 7 heteroatoms. The quantitative estimate of drug-likeness (QED) is 0.411. The number of aliphatic hydroxyl groups is 1. The molecule has 0 aromatic rings. The van der Waals surface area contributed by atoms with Crippen molar-refractivity contribution >= 4 is 23.4 Å². The largest absolute Gasteiger partial charge is 0.509 e. The average Bonchev–Trinajstić information content (AvgIpc) is 3.45. The van der Waals surface area contributed by atoms with E-state index in [0.717, 1.165) is 19.3 Å². The Morgan fingerprint density at radius 3 is 2.62 bits per heavy atom. The van der Waals surface area contributed by atoms with Gasteiger partial charge in [-0.1, -0.05) is 44.6 Å². The summed E-state index contributed by atoms with van der Waals surface area (Å²) < 4.78 is 0. The van der Waals surface area contributed by atoms with Crippen LogP contribution in [0.5, 0.6) is 0 Å². The SMILES string of the molecule is CC[C@@H]1C[C@@H]2C[C@@H]3C(=O)/C=C/C=C/C(=O)NCCC[C@@H]4C(O)=C(C(=O)CC/C=C/[C@H]3[C@H]2[C@H]1C)C(=O)N4C. The van der Waals surface area contributed by atoms with Gasteiger partial charge in [0.25, 0.3) is 5.91 Å². The van der Waals surface area contributed by atoms with Gasteiger partial charge in [-0.05, 0) is 67.8 Å². The molecule has 0 saturated heterocycles. The molecular formula is C30H40N2O5. The summed E-state index contributed by atoms with van der Waals surface area (Å²) in [5.74, 6) is 1.02. The molecule has 2 heterocycles. The van der Waals surface area contributed by atoms with Crippen LogP contribution in [0, 0.1) is 35.5 Å². The molecule has 7 atom stereocenters. The monoisotopic (exact) mass is 508 g/mol. The number of ketones is 2. The molecule has 2 N–H and O–H groups in total. The maximum absolute atomic E-state index is 13.2. The Balaban J connectivity index is 1.58. The van der Waals surface area contributed by atoms with Crippen molar-refractivity contribution in [3.05, 3.63) is 47.8 Å². The minimum atomic E-state index is -0.555. The first kappa shape index (κ1) is 27.1. The summed E-state index contributed by atoms with van der Waals surface area (Å²) in [5, 5.41) is 13.5. The van der Waals surface area contributed by atoms with Crippen LogP contribution in [-0.2, 0) is 19.2 Å². The van der Waals surface area contributed by atoms with Crippen molar-refractivity contribution in [2.24, 2.45) is 35.5 Å². The molecule has 0 aromatic carbocycles. The van der Waals surface area contributed by atoms with Gasteiger partial charge >= 0.3 is 0 Å². The fourth-order valence-electron chi connectivity index (χ4n) is 7.23. The highest BCUT2D eigenvalue weighted by molar-refractivity contribution is 6.21. The number of aliphatic hydroxyl groups excluding tert-OH is 1. The lowest BCUT2D eigenvalue weighted by molar-refractivity contribution is -0.128. The third-order valence-corrected chi connectivity index (χ3v) is 9.18. The molecular weight excluding hydrogens is 468 g/mol. The van der Waals surface area contributed by atoms with E-state index in [1.807, 2.05) is 6.08 Å². The van der Waals surface area contributed by atoms with E-state index in [1.165, 1.54) is 11.0 Å². The Morgan fingerprint density at radius 1 is 1.11 bits per heavy atom. The molecule has 7 nitrogen and oxygen atoms in total. The van der Waals surface area contributed by atoms with Crippen molar-refractivity contribution in [2.45, 2.75) is 64.8 Å². The lowest BCUT2D eigenvalue weighted by Crippen LogP contribution is -2.33. The van der Waals surface area contributed by atoms with Gasteiger partial charge in [0, 0.05) is 32.0 Å². The van der Waals surface area contributed by atoms with Gasteiger partial charge in [-0.3, -0.25) is 19.2 Å². The summed E-state index contributed by atoms with van der Waals surface area (Å²) in [6, 6.07) is -0.555. The number of Topliss-reactive ketones (excluding diaryl/α,β-unsaturated/α-hetero) is 1. The molecule has 0 radical (unpaired) electrons. The Kier molecular flexibility index (Phi) is 8.50. The van der Waals surface area contributed by atoms with E-state index in [1.54, 1.807) is 25.3 Å². The van der Waals surface area contributed by atoms with E-state index in [0.29, 0.717) is 49.5 Å². The molecule has 0 aromatic heterocycles. The Hall–Kier alpha value is -2.96. The van der Waals surface area contributed by atoms with E-state index < -0.39 is 11.9 Å². The molecule has 4 aliphatic rings. The zero-order chi connectivity index (χ0) is 26.7. The summed E-state index contributed by atoms with van der Waals surface area (Å²) in [5.41, 5.74) is -0.114. The van der Waals surface area contributed by atoms with Gasteiger partial charge in [-0.2, -0.15) is 0 Å². The van der Waals surface area contributed by atoms with Gasteiger partial charge in [0.15, 0.2) is 11.6 Å². The van der Waals surface area contributed by atoms with Crippen LogP contribution in [0.4, 0.5) is 0 Å². The molecule has 2 bridgehead atoms. The predicted octanol–water partition coefficient (Wildman–Crippen LogP) is 4.07. The van der Waals surface area contributed by atoms with Crippen molar-refractivity contribution in [3.63, 3.8) is 0 Å². The normalized spacial score (nSPS) is 38.2. The molecule has 2 saturated carbocycles. The standard InChI is InChI=1S/C30H40N2O5/c1-4-19-16-20-17-22-21(27(20)18(19)2)10-5-6-13-25(34)28-29(36)23(32(3)30(28)37)11-9-15-31-26(35)14-8-7-12-24(22)33/h5,7-8,10,12,14,18-23,27,36H,4,6,9,11,13,15-17H2,1-3H3,(H,31,35)/b10-5+,12-7+,14-8+/t18-,19+,20+,21+,22-,23+,27-/m0/s1.